The molecule has 26 heavy (non-hydrogen) atoms. The molecule has 2 aromatic rings. The van der Waals surface area contributed by atoms with E-state index in [1.165, 1.54) is 23.2 Å². The third-order valence-electron chi connectivity index (χ3n) is 4.15. The van der Waals surface area contributed by atoms with E-state index in [1.807, 2.05) is 6.07 Å². The molecule has 3 N–H and O–H groups in total. The number of amides is 1. The van der Waals surface area contributed by atoms with Gasteiger partial charge < -0.3 is 5.32 Å². The van der Waals surface area contributed by atoms with Gasteiger partial charge in [-0.3, -0.25) is 19.9 Å². The Kier molecular flexibility index (Phi) is 6.53. The van der Waals surface area contributed by atoms with Crippen LogP contribution in [0.25, 0.3) is 6.08 Å². The maximum atomic E-state index is 11.0. The van der Waals surface area contributed by atoms with Crippen molar-refractivity contribution in [3.63, 3.8) is 0 Å². The molecule has 8 heteroatoms. The third kappa shape index (κ3) is 4.99. The maximum Gasteiger partial charge on any atom is 0.267 e. The van der Waals surface area contributed by atoms with Gasteiger partial charge in [0.05, 0.1) is 22.1 Å². The Bertz CT molecular complexity index is 754. The molecule has 1 aliphatic rings. The van der Waals surface area contributed by atoms with Crippen LogP contribution >= 0.6 is 22.6 Å². The van der Waals surface area contributed by atoms with Crippen LogP contribution in [0.5, 0.6) is 0 Å². The van der Waals surface area contributed by atoms with Gasteiger partial charge in [0.1, 0.15) is 5.82 Å². The highest BCUT2D eigenvalue weighted by atomic mass is 127. The number of rotatable bonds is 6. The van der Waals surface area contributed by atoms with Gasteiger partial charge in [0.25, 0.3) is 5.91 Å². The standard InChI is InChI=1S/C18H20IN5O2/c19-18(13-4-2-1-3-5-13)24-9-8-15(12-24)22-16-11-20-14(10-21-16)6-7-17(25)23-26/h1-7,10-11,15,18,26H,8-9,12H2,(H,21,22)(H,23,25)/t15-,18?/m1/s1. The molecular weight excluding hydrogens is 445 g/mol. The van der Waals surface area contributed by atoms with Crippen molar-refractivity contribution < 1.29 is 10.0 Å². The van der Waals surface area contributed by atoms with E-state index in [9.17, 15) is 4.79 Å². The number of benzene rings is 1. The summed E-state index contributed by atoms with van der Waals surface area (Å²) in [7, 11) is 0. The van der Waals surface area contributed by atoms with Crippen LogP contribution in [0.3, 0.4) is 0 Å². The number of likely N-dealkylation sites (tertiary alicyclic amines) is 1. The molecule has 1 aromatic carbocycles. The highest BCUT2D eigenvalue weighted by molar-refractivity contribution is 14.1. The largest absolute Gasteiger partial charge is 0.365 e. The zero-order valence-electron chi connectivity index (χ0n) is 14.0. The van der Waals surface area contributed by atoms with Gasteiger partial charge in [0.2, 0.25) is 0 Å². The fraction of sp³-hybridized carbons (Fsp3) is 0.278. The lowest BCUT2D eigenvalue weighted by molar-refractivity contribution is -0.124. The summed E-state index contributed by atoms with van der Waals surface area (Å²) in [6, 6.07) is 10.8. The Balaban J connectivity index is 1.54. The minimum absolute atomic E-state index is 0.326. The van der Waals surface area contributed by atoms with Crippen molar-refractivity contribution >= 4 is 40.4 Å². The summed E-state index contributed by atoms with van der Waals surface area (Å²) in [6.45, 7) is 1.98. The highest BCUT2D eigenvalue weighted by Crippen LogP contribution is 2.31. The molecule has 0 aliphatic carbocycles. The van der Waals surface area contributed by atoms with E-state index < -0.39 is 5.91 Å². The predicted molar refractivity (Wildman–Crippen MR) is 108 cm³/mol. The number of nitrogens with zero attached hydrogens (tertiary/aromatic N) is 3. The molecular formula is C18H20IN5O2. The van der Waals surface area contributed by atoms with E-state index in [1.54, 1.807) is 12.4 Å². The van der Waals surface area contributed by atoms with Crippen molar-refractivity contribution in [1.82, 2.24) is 20.3 Å². The van der Waals surface area contributed by atoms with Crippen molar-refractivity contribution in [2.45, 2.75) is 16.5 Å². The summed E-state index contributed by atoms with van der Waals surface area (Å²) in [5.74, 6) is 0.108. The molecule has 136 valence electrons. The van der Waals surface area contributed by atoms with Crippen molar-refractivity contribution in [2.24, 2.45) is 0 Å². The minimum Gasteiger partial charge on any atom is -0.365 e. The summed E-state index contributed by atoms with van der Waals surface area (Å²) >= 11 is 2.48. The van der Waals surface area contributed by atoms with Gasteiger partial charge in [-0.1, -0.05) is 52.9 Å². The Labute approximate surface area is 165 Å². The average Bonchev–Trinajstić information content (AvgIpc) is 3.15. The molecule has 1 fully saturated rings. The number of aromatic nitrogens is 2. The molecule has 0 spiro atoms. The number of nitrogens with one attached hydrogen (secondary N) is 2. The zero-order valence-corrected chi connectivity index (χ0v) is 16.2. The SMILES string of the molecule is O=C(C=Cc1cnc(N[C@@H]2CCN(C(I)c3ccccc3)C2)cn1)NO. The molecule has 3 rings (SSSR count). The Morgan fingerprint density at radius 1 is 1.31 bits per heavy atom. The molecule has 1 aromatic heterocycles. The van der Waals surface area contributed by atoms with E-state index in [0.717, 1.165) is 19.5 Å². The van der Waals surface area contributed by atoms with Crippen LogP contribution in [0.2, 0.25) is 0 Å². The third-order valence-corrected chi connectivity index (χ3v) is 5.66. The van der Waals surface area contributed by atoms with Gasteiger partial charge in [-0.2, -0.15) is 0 Å². The zero-order chi connectivity index (χ0) is 18.4. The molecule has 2 atom stereocenters. The van der Waals surface area contributed by atoms with E-state index in [4.69, 9.17) is 5.21 Å². The lowest BCUT2D eigenvalue weighted by Gasteiger charge is -2.23. The van der Waals surface area contributed by atoms with E-state index in [2.05, 4.69) is 67.0 Å². The van der Waals surface area contributed by atoms with Crippen molar-refractivity contribution in [2.75, 3.05) is 18.4 Å². The first-order valence-electron chi connectivity index (χ1n) is 8.29. The van der Waals surface area contributed by atoms with Crippen LogP contribution in [0.15, 0.2) is 48.8 Å². The van der Waals surface area contributed by atoms with E-state index in [0.29, 0.717) is 21.6 Å². The first kappa shape index (κ1) is 18.7. The van der Waals surface area contributed by atoms with Crippen LogP contribution in [0, 0.1) is 0 Å². The van der Waals surface area contributed by atoms with Gasteiger partial charge in [0, 0.05) is 25.2 Å². The number of hydroxylamine groups is 1. The van der Waals surface area contributed by atoms with Crippen molar-refractivity contribution in [1.29, 1.82) is 0 Å². The predicted octanol–water partition coefficient (Wildman–Crippen LogP) is 2.62. The number of hydrogen-bond acceptors (Lipinski definition) is 6. The summed E-state index contributed by atoms with van der Waals surface area (Å²) in [5, 5.41) is 11.9. The molecule has 0 radical (unpaired) electrons. The fourth-order valence-electron chi connectivity index (χ4n) is 2.84. The fourth-order valence-corrected chi connectivity index (χ4v) is 3.76. The molecule has 1 amide bonds. The molecule has 7 nitrogen and oxygen atoms in total. The normalized spacial score (nSPS) is 18.8. The second-order valence-electron chi connectivity index (χ2n) is 6.01. The van der Waals surface area contributed by atoms with Gasteiger partial charge >= 0.3 is 0 Å². The molecule has 0 saturated carbocycles. The van der Waals surface area contributed by atoms with Crippen LogP contribution < -0.4 is 10.8 Å². The van der Waals surface area contributed by atoms with Gasteiger partial charge in [-0.15, -0.1) is 0 Å². The average molecular weight is 465 g/mol. The van der Waals surface area contributed by atoms with Crippen molar-refractivity contribution in [3.05, 3.63) is 60.1 Å². The monoisotopic (exact) mass is 465 g/mol. The van der Waals surface area contributed by atoms with Gasteiger partial charge in [-0.25, -0.2) is 10.5 Å². The quantitative estimate of drug-likeness (QED) is 0.152. The second-order valence-corrected chi connectivity index (χ2v) is 7.19. The first-order chi connectivity index (χ1) is 12.7. The molecule has 1 saturated heterocycles. The van der Waals surface area contributed by atoms with Crippen LogP contribution in [-0.2, 0) is 4.79 Å². The Morgan fingerprint density at radius 2 is 2.12 bits per heavy atom. The topological polar surface area (TPSA) is 90.4 Å². The minimum atomic E-state index is -0.605. The highest BCUT2D eigenvalue weighted by Gasteiger charge is 2.27. The van der Waals surface area contributed by atoms with E-state index >= 15 is 0 Å². The summed E-state index contributed by atoms with van der Waals surface area (Å²) in [4.78, 5) is 22.0. The van der Waals surface area contributed by atoms with Crippen LogP contribution in [0.1, 0.15) is 21.7 Å². The molecule has 1 unspecified atom stereocenters. The Hall–Kier alpha value is -2.04. The second kappa shape index (κ2) is 9.06. The summed E-state index contributed by atoms with van der Waals surface area (Å²) in [6.07, 6.45) is 6.96. The Morgan fingerprint density at radius 3 is 2.81 bits per heavy atom. The van der Waals surface area contributed by atoms with Crippen LogP contribution in [-0.4, -0.2) is 45.1 Å². The summed E-state index contributed by atoms with van der Waals surface area (Å²) < 4.78 is 0.358. The number of carbonyl (C=O) groups is 1. The lowest BCUT2D eigenvalue weighted by atomic mass is 10.2. The lowest BCUT2D eigenvalue weighted by Crippen LogP contribution is -2.27. The first-order valence-corrected chi connectivity index (χ1v) is 9.54. The van der Waals surface area contributed by atoms with Crippen molar-refractivity contribution in [3.8, 4) is 0 Å². The van der Waals surface area contributed by atoms with Gasteiger partial charge in [0.15, 0.2) is 0 Å². The molecule has 1 aliphatic heterocycles. The number of carbonyl (C=O) groups excluding carboxylic acids is 1. The molecule has 0 bridgehead atoms. The maximum absolute atomic E-state index is 11.0. The summed E-state index contributed by atoms with van der Waals surface area (Å²) in [5.41, 5.74) is 3.39. The number of hydrogen-bond donors (Lipinski definition) is 3. The molecule has 2 heterocycles. The smallest absolute Gasteiger partial charge is 0.267 e. The number of anilines is 1. The van der Waals surface area contributed by atoms with Gasteiger partial charge in [-0.05, 0) is 18.1 Å². The number of halogens is 1. The number of alkyl halides is 1. The van der Waals surface area contributed by atoms with Crippen LogP contribution in [0.4, 0.5) is 5.82 Å². The van der Waals surface area contributed by atoms with E-state index in [-0.39, 0.29) is 0 Å².